The molecular formula is C13H16Cl2N2. The maximum atomic E-state index is 4.07. The summed E-state index contributed by atoms with van der Waals surface area (Å²) in [6.45, 7) is 1.76. The van der Waals surface area contributed by atoms with Gasteiger partial charge in [0.2, 0.25) is 0 Å². The van der Waals surface area contributed by atoms with Gasteiger partial charge in [0, 0.05) is 25.5 Å². The molecule has 0 saturated carbocycles. The second-order valence-electron chi connectivity index (χ2n) is 3.45. The van der Waals surface area contributed by atoms with E-state index in [1.807, 2.05) is 18.3 Å². The molecule has 1 N–H and O–H groups in total. The summed E-state index contributed by atoms with van der Waals surface area (Å²) in [7, 11) is 0. The fourth-order valence-electron chi connectivity index (χ4n) is 1.45. The van der Waals surface area contributed by atoms with Gasteiger partial charge < -0.3 is 5.32 Å². The molecule has 2 aromatic rings. The second kappa shape index (κ2) is 8.99. The first-order valence-corrected chi connectivity index (χ1v) is 5.09. The normalized spacial score (nSPS) is 8.94. The summed E-state index contributed by atoms with van der Waals surface area (Å²) in [6.07, 6.45) is 3.68. The molecule has 0 atom stereocenters. The zero-order valence-corrected chi connectivity index (χ0v) is 11.0. The minimum absolute atomic E-state index is 0. The molecule has 0 radical (unpaired) electrons. The zero-order valence-electron chi connectivity index (χ0n) is 9.37. The highest BCUT2D eigenvalue weighted by Gasteiger charge is 1.92. The number of benzene rings is 1. The van der Waals surface area contributed by atoms with E-state index in [1.165, 1.54) is 11.1 Å². The molecule has 1 aromatic heterocycles. The Morgan fingerprint density at radius 3 is 2.12 bits per heavy atom. The quantitative estimate of drug-likeness (QED) is 0.923. The van der Waals surface area contributed by atoms with Gasteiger partial charge in [-0.3, -0.25) is 4.98 Å². The third-order valence-electron chi connectivity index (χ3n) is 2.22. The minimum Gasteiger partial charge on any atom is -0.309 e. The average Bonchev–Trinajstić information content (AvgIpc) is 2.32. The van der Waals surface area contributed by atoms with Crippen LogP contribution < -0.4 is 5.32 Å². The highest BCUT2D eigenvalue weighted by atomic mass is 35.5. The monoisotopic (exact) mass is 270 g/mol. The number of hydrogen-bond acceptors (Lipinski definition) is 2. The van der Waals surface area contributed by atoms with Crippen LogP contribution in [0, 0.1) is 0 Å². The predicted molar refractivity (Wildman–Crippen MR) is 75.7 cm³/mol. The molecule has 17 heavy (non-hydrogen) atoms. The summed E-state index contributed by atoms with van der Waals surface area (Å²) >= 11 is 0. The zero-order chi connectivity index (χ0) is 10.3. The van der Waals surface area contributed by atoms with E-state index in [0.29, 0.717) is 0 Å². The van der Waals surface area contributed by atoms with Crippen LogP contribution in [-0.2, 0) is 13.1 Å². The van der Waals surface area contributed by atoms with E-state index in [1.54, 1.807) is 6.20 Å². The van der Waals surface area contributed by atoms with E-state index in [2.05, 4.69) is 40.6 Å². The number of aromatic nitrogens is 1. The van der Waals surface area contributed by atoms with Gasteiger partial charge in [-0.25, -0.2) is 0 Å². The van der Waals surface area contributed by atoms with Crippen LogP contribution in [0.4, 0.5) is 0 Å². The van der Waals surface area contributed by atoms with Crippen LogP contribution in [0.25, 0.3) is 0 Å². The van der Waals surface area contributed by atoms with E-state index in [0.717, 1.165) is 13.1 Å². The van der Waals surface area contributed by atoms with Crippen molar-refractivity contribution < 1.29 is 0 Å². The van der Waals surface area contributed by atoms with E-state index in [4.69, 9.17) is 0 Å². The van der Waals surface area contributed by atoms with Crippen molar-refractivity contribution in [3.63, 3.8) is 0 Å². The molecule has 1 aromatic carbocycles. The molecule has 0 aliphatic carbocycles. The Labute approximate surface area is 114 Å². The Kier molecular flexibility index (Phi) is 8.42. The van der Waals surface area contributed by atoms with Crippen molar-refractivity contribution in [2.75, 3.05) is 0 Å². The first kappa shape index (κ1) is 15.9. The van der Waals surface area contributed by atoms with Crippen molar-refractivity contribution in [2.24, 2.45) is 0 Å². The number of halogens is 2. The van der Waals surface area contributed by atoms with Crippen LogP contribution in [-0.4, -0.2) is 4.98 Å². The lowest BCUT2D eigenvalue weighted by atomic mass is 10.2. The highest BCUT2D eigenvalue weighted by molar-refractivity contribution is 5.85. The van der Waals surface area contributed by atoms with Crippen molar-refractivity contribution in [3.05, 3.63) is 66.0 Å². The Morgan fingerprint density at radius 2 is 1.47 bits per heavy atom. The van der Waals surface area contributed by atoms with E-state index < -0.39 is 0 Å². The van der Waals surface area contributed by atoms with E-state index in [-0.39, 0.29) is 24.8 Å². The van der Waals surface area contributed by atoms with Crippen molar-refractivity contribution in [2.45, 2.75) is 13.1 Å². The van der Waals surface area contributed by atoms with Gasteiger partial charge in [-0.05, 0) is 17.2 Å². The number of hydrogen-bond donors (Lipinski definition) is 1. The van der Waals surface area contributed by atoms with Gasteiger partial charge in [-0.1, -0.05) is 36.4 Å². The lowest BCUT2D eigenvalue weighted by Gasteiger charge is -2.04. The van der Waals surface area contributed by atoms with E-state index in [9.17, 15) is 0 Å². The lowest BCUT2D eigenvalue weighted by Crippen LogP contribution is -2.12. The average molecular weight is 271 g/mol. The molecule has 4 heteroatoms. The van der Waals surface area contributed by atoms with Gasteiger partial charge in [-0.2, -0.15) is 0 Å². The summed E-state index contributed by atoms with van der Waals surface area (Å²) in [5.41, 5.74) is 2.52. The van der Waals surface area contributed by atoms with Gasteiger partial charge in [0.25, 0.3) is 0 Å². The third-order valence-corrected chi connectivity index (χ3v) is 2.22. The van der Waals surface area contributed by atoms with Gasteiger partial charge in [0.1, 0.15) is 0 Å². The maximum absolute atomic E-state index is 4.07. The molecule has 92 valence electrons. The summed E-state index contributed by atoms with van der Waals surface area (Å²) in [5.74, 6) is 0. The number of nitrogens with one attached hydrogen (secondary N) is 1. The Hall–Kier alpha value is -1.09. The van der Waals surface area contributed by atoms with Gasteiger partial charge in [0.05, 0.1) is 0 Å². The first-order valence-electron chi connectivity index (χ1n) is 5.09. The van der Waals surface area contributed by atoms with Crippen molar-refractivity contribution >= 4 is 24.8 Å². The molecule has 2 rings (SSSR count). The summed E-state index contributed by atoms with van der Waals surface area (Å²) in [5, 5.41) is 3.38. The number of rotatable bonds is 4. The SMILES string of the molecule is Cl.Cl.c1ccc(CNCc2cccnc2)cc1. The molecular weight excluding hydrogens is 255 g/mol. The van der Waals surface area contributed by atoms with Gasteiger partial charge in [-0.15, -0.1) is 24.8 Å². The second-order valence-corrected chi connectivity index (χ2v) is 3.45. The van der Waals surface area contributed by atoms with Gasteiger partial charge >= 0.3 is 0 Å². The standard InChI is InChI=1S/C13H14N2.2ClH/c1-2-5-12(6-3-1)9-15-11-13-7-4-8-14-10-13;;/h1-8,10,15H,9,11H2;2*1H. The first-order chi connectivity index (χ1) is 7.45. The summed E-state index contributed by atoms with van der Waals surface area (Å²) in [4.78, 5) is 4.07. The maximum Gasteiger partial charge on any atom is 0.0312 e. The Bertz CT molecular complexity index is 353. The fourth-order valence-corrected chi connectivity index (χ4v) is 1.45. The molecule has 0 bridgehead atoms. The topological polar surface area (TPSA) is 24.9 Å². The van der Waals surface area contributed by atoms with Gasteiger partial charge in [0.15, 0.2) is 0 Å². The van der Waals surface area contributed by atoms with Crippen molar-refractivity contribution in [1.29, 1.82) is 0 Å². The molecule has 0 saturated heterocycles. The molecule has 0 aliphatic heterocycles. The third kappa shape index (κ3) is 5.68. The lowest BCUT2D eigenvalue weighted by molar-refractivity contribution is 0.691. The van der Waals surface area contributed by atoms with Crippen LogP contribution in [0.5, 0.6) is 0 Å². The molecule has 0 unspecified atom stereocenters. The molecule has 0 amide bonds. The fraction of sp³-hybridized carbons (Fsp3) is 0.154. The Morgan fingerprint density at radius 1 is 0.824 bits per heavy atom. The van der Waals surface area contributed by atoms with Crippen LogP contribution >= 0.6 is 24.8 Å². The summed E-state index contributed by atoms with van der Waals surface area (Å²) < 4.78 is 0. The van der Waals surface area contributed by atoms with Crippen molar-refractivity contribution in [3.8, 4) is 0 Å². The number of nitrogens with zero attached hydrogens (tertiary/aromatic N) is 1. The molecule has 0 aliphatic rings. The molecule has 0 fully saturated rings. The molecule has 0 spiro atoms. The van der Waals surface area contributed by atoms with E-state index >= 15 is 0 Å². The van der Waals surface area contributed by atoms with Crippen LogP contribution in [0.2, 0.25) is 0 Å². The largest absolute Gasteiger partial charge is 0.309 e. The molecule has 2 nitrogen and oxygen atoms in total. The highest BCUT2D eigenvalue weighted by Crippen LogP contribution is 1.99. The van der Waals surface area contributed by atoms with Crippen LogP contribution in [0.15, 0.2) is 54.9 Å². The smallest absolute Gasteiger partial charge is 0.0312 e. The molecule has 1 heterocycles. The summed E-state index contributed by atoms with van der Waals surface area (Å²) in [6, 6.07) is 14.4. The van der Waals surface area contributed by atoms with Crippen LogP contribution in [0.3, 0.4) is 0 Å². The Balaban J connectivity index is 0.00000128. The predicted octanol–water partition coefficient (Wildman–Crippen LogP) is 3.22. The van der Waals surface area contributed by atoms with Crippen molar-refractivity contribution in [1.82, 2.24) is 10.3 Å². The number of pyridine rings is 1. The van der Waals surface area contributed by atoms with Crippen LogP contribution in [0.1, 0.15) is 11.1 Å². The minimum atomic E-state index is 0.